The Morgan fingerprint density at radius 3 is 1.92 bits per heavy atom. The summed E-state index contributed by atoms with van der Waals surface area (Å²) >= 11 is 0. The van der Waals surface area contributed by atoms with Crippen molar-refractivity contribution >= 4 is 39.8 Å². The minimum atomic E-state index is -0.861. The molecule has 0 amide bonds. The van der Waals surface area contributed by atoms with Crippen LogP contribution in [-0.4, -0.2) is 52.6 Å². The van der Waals surface area contributed by atoms with Gasteiger partial charge in [-0.2, -0.15) is 9.84 Å². The molecule has 2 aliphatic rings. The highest BCUT2D eigenvalue weighted by Crippen LogP contribution is 2.51. The third-order valence-electron chi connectivity index (χ3n) is 14.0. The Labute approximate surface area is 390 Å². The van der Waals surface area contributed by atoms with Crippen LogP contribution in [0.1, 0.15) is 180 Å². The molecular formula is C57H78N3O5+. The molecule has 8 heteroatoms. The molecule has 3 aromatic rings. The largest absolute Gasteiger partial charge is 0.497 e. The molecule has 65 heavy (non-hydrogen) atoms. The molecule has 1 atom stereocenters. The van der Waals surface area contributed by atoms with Crippen LogP contribution in [0, 0.1) is 11.3 Å². The Morgan fingerprint density at radius 1 is 0.769 bits per heavy atom. The molecule has 8 nitrogen and oxygen atoms in total. The first-order chi connectivity index (χ1) is 31.5. The van der Waals surface area contributed by atoms with Crippen molar-refractivity contribution in [2.24, 2.45) is 0 Å². The molecule has 0 aliphatic carbocycles. The van der Waals surface area contributed by atoms with Crippen LogP contribution in [0.15, 0.2) is 90.2 Å². The van der Waals surface area contributed by atoms with Gasteiger partial charge in [-0.25, -0.2) is 0 Å². The first kappa shape index (κ1) is 50.8. The highest BCUT2D eigenvalue weighted by molar-refractivity contribution is 6.04. The predicted octanol–water partition coefficient (Wildman–Crippen LogP) is 14.7. The van der Waals surface area contributed by atoms with Crippen LogP contribution in [0.2, 0.25) is 0 Å². The molecule has 0 saturated heterocycles. The molecule has 5 rings (SSSR count). The van der Waals surface area contributed by atoms with Crippen LogP contribution in [0.3, 0.4) is 0 Å². The lowest BCUT2D eigenvalue weighted by Crippen LogP contribution is -2.35. The summed E-state index contributed by atoms with van der Waals surface area (Å²) in [6.45, 7) is 9.50. The van der Waals surface area contributed by atoms with Gasteiger partial charge in [0.25, 0.3) is 0 Å². The minimum absolute atomic E-state index is 0.0154. The lowest BCUT2D eigenvalue weighted by atomic mass is 9.69. The minimum Gasteiger partial charge on any atom is -0.497 e. The maximum absolute atomic E-state index is 12.2. The Morgan fingerprint density at radius 2 is 1.35 bits per heavy atom. The highest BCUT2D eigenvalue weighted by atomic mass is 16.5. The van der Waals surface area contributed by atoms with E-state index in [1.54, 1.807) is 7.11 Å². The fourth-order valence-corrected chi connectivity index (χ4v) is 10.6. The molecule has 2 heterocycles. The van der Waals surface area contributed by atoms with Gasteiger partial charge in [-0.15, -0.1) is 0 Å². The zero-order valence-electron chi connectivity index (χ0n) is 40.4. The van der Waals surface area contributed by atoms with Gasteiger partial charge in [-0.3, -0.25) is 9.59 Å². The van der Waals surface area contributed by atoms with E-state index in [-0.39, 0.29) is 18.3 Å². The number of methoxy groups -OCH3 is 1. The lowest BCUT2D eigenvalue weighted by molar-refractivity contribution is -0.436. The van der Waals surface area contributed by atoms with E-state index < -0.39 is 17.4 Å². The second-order valence-electron chi connectivity index (χ2n) is 19.0. The lowest BCUT2D eigenvalue weighted by Gasteiger charge is -2.28. The van der Waals surface area contributed by atoms with Crippen molar-refractivity contribution in [3.8, 4) is 11.8 Å². The molecule has 0 radical (unpaired) electrons. The molecule has 0 aromatic heterocycles. The van der Waals surface area contributed by atoms with E-state index in [4.69, 9.17) is 4.74 Å². The van der Waals surface area contributed by atoms with E-state index in [1.807, 2.05) is 36.4 Å². The second kappa shape index (κ2) is 25.5. The normalized spacial score (nSPS) is 17.3. The average molecular weight is 885 g/mol. The molecule has 2 aliphatic heterocycles. The zero-order valence-corrected chi connectivity index (χ0v) is 40.4. The van der Waals surface area contributed by atoms with E-state index in [0.29, 0.717) is 18.7 Å². The molecule has 1 unspecified atom stereocenters. The third-order valence-corrected chi connectivity index (χ3v) is 14.0. The molecule has 3 aromatic carbocycles. The van der Waals surface area contributed by atoms with Crippen molar-refractivity contribution in [3.63, 3.8) is 0 Å². The van der Waals surface area contributed by atoms with Gasteiger partial charge >= 0.3 is 11.9 Å². The molecule has 0 spiro atoms. The van der Waals surface area contributed by atoms with Crippen molar-refractivity contribution in [2.45, 2.75) is 180 Å². The number of nitrogens with zero attached hydrogens (tertiary/aromatic N) is 3. The average Bonchev–Trinajstić information content (AvgIpc) is 3.68. The van der Waals surface area contributed by atoms with Crippen LogP contribution in [0.5, 0.6) is 5.75 Å². The first-order valence-corrected chi connectivity index (χ1v) is 25.1. The van der Waals surface area contributed by atoms with Crippen molar-refractivity contribution in [3.05, 3.63) is 101 Å². The van der Waals surface area contributed by atoms with Crippen molar-refractivity contribution in [2.75, 3.05) is 25.1 Å². The van der Waals surface area contributed by atoms with E-state index in [1.165, 1.54) is 95.5 Å². The topological polar surface area (TPSA) is 114 Å². The highest BCUT2D eigenvalue weighted by Gasteiger charge is 2.50. The molecule has 0 fully saturated rings. The molecular weight excluding hydrogens is 807 g/mol. The first-order valence-electron chi connectivity index (χ1n) is 25.1. The Balaban J connectivity index is 1.54. The van der Waals surface area contributed by atoms with E-state index >= 15 is 0 Å². The number of aliphatic carboxylic acids is 2. The number of anilines is 1. The molecule has 0 bridgehead atoms. The monoisotopic (exact) mass is 885 g/mol. The van der Waals surface area contributed by atoms with Crippen molar-refractivity contribution in [1.29, 1.82) is 5.26 Å². The fraction of sp³-hybridized carbons (Fsp3) is 0.544. The third kappa shape index (κ3) is 13.2. The van der Waals surface area contributed by atoms with Gasteiger partial charge in [-0.1, -0.05) is 174 Å². The maximum atomic E-state index is 12.2. The molecule has 350 valence electrons. The smallest absolute Gasteiger partial charge is 0.309 e. The summed E-state index contributed by atoms with van der Waals surface area (Å²) in [4.78, 5) is 26.2. The van der Waals surface area contributed by atoms with Gasteiger partial charge in [-0.05, 0) is 65.6 Å². The number of ether oxygens (including phenoxy) is 1. The predicted molar refractivity (Wildman–Crippen MR) is 268 cm³/mol. The number of carbonyl (C=O) groups is 2. The quantitative estimate of drug-likeness (QED) is 0.0297. The van der Waals surface area contributed by atoms with Gasteiger partial charge in [0.15, 0.2) is 12.3 Å². The van der Waals surface area contributed by atoms with E-state index in [2.05, 4.69) is 85.7 Å². The number of benzene rings is 3. The second-order valence-corrected chi connectivity index (χ2v) is 19.0. The standard InChI is InChI=1S/C57H77N3O5/c1-6-8-10-12-14-16-17-19-21-25-39-57(38-24-20-18-15-13-11-9-7-2)48-42-46(65-5)31-33-49(48)59(40-36-53(61)62)52(57)35-29-44(43-58)28-34-51-56(3,4)55-47-27-23-22-26-45(47)30-32-50(55)60(51)41-37-54(63)64/h22-23,26-35,42H,6-21,24-25,36-41H2,1-5H3,(H-,61,62,63,64)/p+1. The van der Waals surface area contributed by atoms with Gasteiger partial charge in [0.05, 0.1) is 30.6 Å². The van der Waals surface area contributed by atoms with Crippen LogP contribution in [0.25, 0.3) is 10.8 Å². The summed E-state index contributed by atoms with van der Waals surface area (Å²) in [6, 6.07) is 21.2. The molecule has 2 N–H and O–H groups in total. The van der Waals surface area contributed by atoms with Gasteiger partial charge in [0.2, 0.25) is 5.69 Å². The van der Waals surface area contributed by atoms with E-state index in [0.717, 1.165) is 83.4 Å². The summed E-state index contributed by atoms with van der Waals surface area (Å²) in [7, 11) is 1.71. The summed E-state index contributed by atoms with van der Waals surface area (Å²) in [5.41, 5.74) is 5.96. The number of carboxylic acid groups (broad SMARTS) is 2. The summed E-state index contributed by atoms with van der Waals surface area (Å²) in [6.07, 6.45) is 31.9. The number of rotatable bonds is 30. The summed E-state index contributed by atoms with van der Waals surface area (Å²) in [5.74, 6) is -0.913. The fourth-order valence-electron chi connectivity index (χ4n) is 10.6. The number of nitriles is 1. The van der Waals surface area contributed by atoms with Crippen molar-refractivity contribution in [1.82, 2.24) is 0 Å². The number of hydrogen-bond acceptors (Lipinski definition) is 5. The number of allylic oxidation sites excluding steroid dienone is 6. The Hall–Kier alpha value is -5.16. The van der Waals surface area contributed by atoms with E-state index in [9.17, 15) is 25.1 Å². The summed E-state index contributed by atoms with van der Waals surface area (Å²) in [5, 5.41) is 32.8. The number of unbranched alkanes of at least 4 members (excludes halogenated alkanes) is 16. The van der Waals surface area contributed by atoms with Crippen LogP contribution < -0.4 is 9.64 Å². The van der Waals surface area contributed by atoms with Gasteiger partial charge in [0, 0.05) is 41.1 Å². The van der Waals surface area contributed by atoms with Gasteiger partial charge in [0.1, 0.15) is 12.2 Å². The van der Waals surface area contributed by atoms with Crippen molar-refractivity contribution < 1.29 is 29.1 Å². The number of hydrogen-bond donors (Lipinski definition) is 2. The Kier molecular flexibility index (Phi) is 20.0. The Bertz CT molecular complexity index is 2220. The van der Waals surface area contributed by atoms with Crippen LogP contribution in [-0.2, 0) is 20.4 Å². The SMILES string of the molecule is CCCCCCCCCCCCC1(CCCCCCCCCC)C(/C=C/C(C#N)=C/C=C2/N(CCC(=O)O)c3ccc4ccccc4c3C2(C)C)=[N+](CCC(=O)O)c2ccc(OC)cc21. The number of fused-ring (bicyclic) bond motifs is 4. The summed E-state index contributed by atoms with van der Waals surface area (Å²) < 4.78 is 8.07. The molecule has 0 saturated carbocycles. The zero-order chi connectivity index (χ0) is 46.7. The number of carboxylic acids is 2. The van der Waals surface area contributed by atoms with Crippen LogP contribution >= 0.6 is 0 Å². The van der Waals surface area contributed by atoms with Gasteiger partial charge < -0.3 is 19.8 Å². The maximum Gasteiger partial charge on any atom is 0.309 e. The van der Waals surface area contributed by atoms with Crippen LogP contribution in [0.4, 0.5) is 11.4 Å².